The normalized spacial score (nSPS) is 19.6. The lowest BCUT2D eigenvalue weighted by molar-refractivity contribution is 0.422. The molecular formula is C18H18BrN5. The second-order valence-electron chi connectivity index (χ2n) is 6.31. The van der Waals surface area contributed by atoms with Crippen molar-refractivity contribution in [2.45, 2.75) is 32.4 Å². The summed E-state index contributed by atoms with van der Waals surface area (Å²) in [7, 11) is 0. The number of rotatable bonds is 2. The molecule has 1 aliphatic heterocycles. The fourth-order valence-electron chi connectivity index (χ4n) is 3.41. The fourth-order valence-corrected chi connectivity index (χ4v) is 3.67. The van der Waals surface area contributed by atoms with Crippen molar-refractivity contribution in [3.63, 3.8) is 0 Å². The molecule has 0 saturated carbocycles. The molecule has 0 amide bonds. The van der Waals surface area contributed by atoms with Gasteiger partial charge in [-0.2, -0.15) is 0 Å². The number of anilines is 1. The quantitative estimate of drug-likeness (QED) is 0.720. The maximum absolute atomic E-state index is 4.21. The number of benzene rings is 2. The van der Waals surface area contributed by atoms with Gasteiger partial charge in [-0.1, -0.05) is 56.9 Å². The van der Waals surface area contributed by atoms with E-state index in [4.69, 9.17) is 0 Å². The molecule has 2 atom stereocenters. The van der Waals surface area contributed by atoms with Crippen molar-refractivity contribution < 1.29 is 0 Å². The molecule has 5 nitrogen and oxygen atoms in total. The summed E-state index contributed by atoms with van der Waals surface area (Å²) in [5, 5.41) is 15.7. The van der Waals surface area contributed by atoms with Crippen LogP contribution in [0.25, 0.3) is 0 Å². The van der Waals surface area contributed by atoms with Gasteiger partial charge < -0.3 is 5.32 Å². The van der Waals surface area contributed by atoms with Crippen LogP contribution in [0, 0.1) is 13.8 Å². The molecular weight excluding hydrogens is 366 g/mol. The second-order valence-corrected chi connectivity index (χ2v) is 7.22. The number of fused-ring (bicyclic) bond motifs is 1. The number of hydrogen-bond donors (Lipinski definition) is 1. The van der Waals surface area contributed by atoms with Crippen LogP contribution in [0.2, 0.25) is 0 Å². The summed E-state index contributed by atoms with van der Waals surface area (Å²) >= 11 is 3.50. The number of halogens is 1. The molecule has 4 rings (SSSR count). The van der Waals surface area contributed by atoms with Crippen LogP contribution in [-0.2, 0) is 0 Å². The lowest BCUT2D eigenvalue weighted by Gasteiger charge is -2.31. The number of aryl methyl sites for hydroxylation is 2. The van der Waals surface area contributed by atoms with Crippen molar-refractivity contribution in [2.24, 2.45) is 0 Å². The second kappa shape index (κ2) is 6.02. The van der Waals surface area contributed by atoms with Gasteiger partial charge in [0, 0.05) is 4.47 Å². The molecule has 0 radical (unpaired) electrons. The van der Waals surface area contributed by atoms with Crippen molar-refractivity contribution in [3.8, 4) is 0 Å². The molecule has 1 aromatic heterocycles. The van der Waals surface area contributed by atoms with Crippen LogP contribution >= 0.6 is 15.9 Å². The predicted octanol–water partition coefficient (Wildman–Crippen LogP) is 4.20. The zero-order chi connectivity index (χ0) is 16.7. The van der Waals surface area contributed by atoms with E-state index in [1.165, 1.54) is 22.3 Å². The summed E-state index contributed by atoms with van der Waals surface area (Å²) in [6.07, 6.45) is 0.906. The van der Waals surface area contributed by atoms with E-state index in [1.807, 2.05) is 4.68 Å². The van der Waals surface area contributed by atoms with Gasteiger partial charge in [0.2, 0.25) is 5.95 Å². The van der Waals surface area contributed by atoms with Crippen LogP contribution in [0.1, 0.15) is 40.8 Å². The molecule has 1 aliphatic rings. The third kappa shape index (κ3) is 2.71. The number of nitrogens with zero attached hydrogens (tertiary/aromatic N) is 4. The average molecular weight is 384 g/mol. The van der Waals surface area contributed by atoms with Gasteiger partial charge in [-0.05, 0) is 59.5 Å². The first kappa shape index (κ1) is 15.3. The fraction of sp³-hybridized carbons (Fsp3) is 0.278. The molecule has 0 aliphatic carbocycles. The maximum atomic E-state index is 4.21. The molecule has 0 spiro atoms. The Morgan fingerprint density at radius 2 is 1.92 bits per heavy atom. The van der Waals surface area contributed by atoms with Crippen molar-refractivity contribution in [3.05, 3.63) is 69.2 Å². The summed E-state index contributed by atoms with van der Waals surface area (Å²) in [5.41, 5.74) is 5.06. The van der Waals surface area contributed by atoms with E-state index in [1.54, 1.807) is 0 Å². The minimum Gasteiger partial charge on any atom is -0.346 e. The average Bonchev–Trinajstić information content (AvgIpc) is 3.03. The Hall–Kier alpha value is -2.21. The molecule has 6 heteroatoms. The maximum Gasteiger partial charge on any atom is 0.243 e. The first-order chi connectivity index (χ1) is 11.6. The minimum absolute atomic E-state index is 0.130. The topological polar surface area (TPSA) is 55.6 Å². The third-order valence-electron chi connectivity index (χ3n) is 4.61. The standard InChI is InChI=1S/C18H18BrN5/c1-11-3-8-15(12(2)9-11)17-10-16(13-4-6-14(19)7-5-13)20-18-21-22-23-24(17)18/h3-9,16-17H,10H2,1-2H3,(H,20,21,23)/t16-,17+/m0/s1. The Kier molecular flexibility index (Phi) is 3.84. The zero-order valence-corrected chi connectivity index (χ0v) is 15.2. The third-order valence-corrected chi connectivity index (χ3v) is 5.14. The summed E-state index contributed by atoms with van der Waals surface area (Å²) in [4.78, 5) is 0. The highest BCUT2D eigenvalue weighted by Gasteiger charge is 2.31. The summed E-state index contributed by atoms with van der Waals surface area (Å²) in [6, 6.07) is 15.3. The van der Waals surface area contributed by atoms with Crippen LogP contribution < -0.4 is 5.32 Å². The van der Waals surface area contributed by atoms with E-state index in [2.05, 4.69) is 93.1 Å². The number of tetrazole rings is 1. The summed E-state index contributed by atoms with van der Waals surface area (Å²) in [5.74, 6) is 0.721. The lowest BCUT2D eigenvalue weighted by Crippen LogP contribution is -2.28. The smallest absolute Gasteiger partial charge is 0.243 e. The van der Waals surface area contributed by atoms with E-state index in [0.29, 0.717) is 0 Å². The number of hydrogen-bond acceptors (Lipinski definition) is 4. The molecule has 1 N–H and O–H groups in total. The Balaban J connectivity index is 1.75. The highest BCUT2D eigenvalue weighted by Crippen LogP contribution is 2.38. The van der Waals surface area contributed by atoms with Gasteiger partial charge in [0.15, 0.2) is 0 Å². The number of nitrogens with one attached hydrogen (secondary N) is 1. The molecule has 0 unspecified atom stereocenters. The highest BCUT2D eigenvalue weighted by atomic mass is 79.9. The first-order valence-electron chi connectivity index (χ1n) is 7.99. The Morgan fingerprint density at radius 1 is 1.12 bits per heavy atom. The van der Waals surface area contributed by atoms with Gasteiger partial charge in [-0.3, -0.25) is 0 Å². The molecule has 2 aromatic carbocycles. The van der Waals surface area contributed by atoms with Crippen LogP contribution in [0.4, 0.5) is 5.95 Å². The monoisotopic (exact) mass is 383 g/mol. The highest BCUT2D eigenvalue weighted by molar-refractivity contribution is 9.10. The molecule has 3 aromatic rings. The number of aromatic nitrogens is 4. The Labute approximate surface area is 149 Å². The van der Waals surface area contributed by atoms with E-state index >= 15 is 0 Å². The van der Waals surface area contributed by atoms with E-state index < -0.39 is 0 Å². The van der Waals surface area contributed by atoms with Crippen LogP contribution in [0.5, 0.6) is 0 Å². The van der Waals surface area contributed by atoms with Crippen LogP contribution in [0.15, 0.2) is 46.9 Å². The van der Waals surface area contributed by atoms with E-state index in [0.717, 1.165) is 16.8 Å². The molecule has 122 valence electrons. The SMILES string of the molecule is Cc1ccc([C@H]2C[C@@H](c3ccc(Br)cc3)Nc3nnnn32)c(C)c1. The lowest BCUT2D eigenvalue weighted by atomic mass is 9.90. The molecule has 2 heterocycles. The Morgan fingerprint density at radius 3 is 2.67 bits per heavy atom. The molecule has 24 heavy (non-hydrogen) atoms. The van der Waals surface area contributed by atoms with Gasteiger partial charge >= 0.3 is 0 Å². The minimum atomic E-state index is 0.130. The molecule has 0 saturated heterocycles. The zero-order valence-electron chi connectivity index (χ0n) is 13.6. The van der Waals surface area contributed by atoms with Gasteiger partial charge in [0.25, 0.3) is 0 Å². The van der Waals surface area contributed by atoms with Gasteiger partial charge in [-0.15, -0.1) is 0 Å². The summed E-state index contributed by atoms with van der Waals surface area (Å²) < 4.78 is 2.98. The molecule has 0 bridgehead atoms. The largest absolute Gasteiger partial charge is 0.346 e. The van der Waals surface area contributed by atoms with Crippen molar-refractivity contribution in [1.82, 2.24) is 20.2 Å². The van der Waals surface area contributed by atoms with Gasteiger partial charge in [0.05, 0.1) is 12.1 Å². The van der Waals surface area contributed by atoms with E-state index in [9.17, 15) is 0 Å². The van der Waals surface area contributed by atoms with Crippen LogP contribution in [0.3, 0.4) is 0 Å². The van der Waals surface area contributed by atoms with Crippen LogP contribution in [-0.4, -0.2) is 20.2 Å². The summed E-state index contributed by atoms with van der Waals surface area (Å²) in [6.45, 7) is 4.27. The Bertz CT molecular complexity index is 871. The molecule has 0 fully saturated rings. The van der Waals surface area contributed by atoms with Crippen molar-refractivity contribution in [1.29, 1.82) is 0 Å². The van der Waals surface area contributed by atoms with E-state index in [-0.39, 0.29) is 12.1 Å². The van der Waals surface area contributed by atoms with Gasteiger partial charge in [0.1, 0.15) is 0 Å². The predicted molar refractivity (Wildman–Crippen MR) is 97.0 cm³/mol. The van der Waals surface area contributed by atoms with Crippen molar-refractivity contribution in [2.75, 3.05) is 5.32 Å². The van der Waals surface area contributed by atoms with Gasteiger partial charge in [-0.25, -0.2) is 4.68 Å². The first-order valence-corrected chi connectivity index (χ1v) is 8.78. The van der Waals surface area contributed by atoms with Crippen molar-refractivity contribution >= 4 is 21.9 Å².